The van der Waals surface area contributed by atoms with Crippen LogP contribution in [0.15, 0.2) is 49.3 Å². The van der Waals surface area contributed by atoms with Crippen LogP contribution in [0.25, 0.3) is 5.57 Å². The van der Waals surface area contributed by atoms with Crippen molar-refractivity contribution in [3.05, 3.63) is 66.0 Å². The molecule has 0 aliphatic carbocycles. The zero-order valence-corrected chi connectivity index (χ0v) is 17.2. The molecule has 1 heterocycles. The van der Waals surface area contributed by atoms with Crippen molar-refractivity contribution in [1.82, 2.24) is 5.32 Å². The second-order valence-corrected chi connectivity index (χ2v) is 7.84. The Balaban J connectivity index is 2.16. The summed E-state index contributed by atoms with van der Waals surface area (Å²) in [4.78, 5) is 0. The van der Waals surface area contributed by atoms with Gasteiger partial charge in [-0.2, -0.15) is 0 Å². The quantitative estimate of drug-likeness (QED) is 0.490. The fraction of sp³-hybridized carbons (Fsp3) is 0.520. The van der Waals surface area contributed by atoms with Gasteiger partial charge in [-0.3, -0.25) is 0 Å². The molecule has 1 atom stereocenters. The maximum atomic E-state index is 4.44. The Morgan fingerprint density at radius 2 is 1.85 bits per heavy atom. The number of allylic oxidation sites excluding steroid dienone is 3. The Bertz CT molecular complexity index is 646. The summed E-state index contributed by atoms with van der Waals surface area (Å²) in [5, 5.41) is 3.34. The van der Waals surface area contributed by atoms with Gasteiger partial charge in [-0.05, 0) is 66.7 Å². The first-order valence-corrected chi connectivity index (χ1v) is 10.4. The standard InChI is InChI=1S/C25H37N/c1-7-10-22(11-8-2)24-14-15-25(21(9-3)17-24)18(4)16-23-13-12-19(5)26-20(23)6/h14-15,17,22-23,26H,4-13,16H2,1-3H3. The van der Waals surface area contributed by atoms with Gasteiger partial charge in [-0.15, -0.1) is 0 Å². The molecule has 0 bridgehead atoms. The highest BCUT2D eigenvalue weighted by Gasteiger charge is 2.21. The highest BCUT2D eigenvalue weighted by molar-refractivity contribution is 5.67. The average molecular weight is 352 g/mol. The van der Waals surface area contributed by atoms with Crippen LogP contribution in [-0.4, -0.2) is 0 Å². The molecule has 0 amide bonds. The Morgan fingerprint density at radius 3 is 2.42 bits per heavy atom. The Hall–Kier alpha value is -1.76. The first kappa shape index (κ1) is 20.6. The molecule has 1 N–H and O–H groups in total. The molecule has 0 aromatic heterocycles. The fourth-order valence-corrected chi connectivity index (χ4v) is 4.23. The molecule has 0 radical (unpaired) electrons. The average Bonchev–Trinajstić information content (AvgIpc) is 2.63. The summed E-state index contributed by atoms with van der Waals surface area (Å²) >= 11 is 0. The van der Waals surface area contributed by atoms with Gasteiger partial charge in [-0.25, -0.2) is 0 Å². The second kappa shape index (κ2) is 9.80. The van der Waals surface area contributed by atoms with Crippen LogP contribution >= 0.6 is 0 Å². The van der Waals surface area contributed by atoms with E-state index in [0.29, 0.717) is 11.8 Å². The van der Waals surface area contributed by atoms with Gasteiger partial charge >= 0.3 is 0 Å². The van der Waals surface area contributed by atoms with Gasteiger partial charge in [0.2, 0.25) is 0 Å². The van der Waals surface area contributed by atoms with Crippen molar-refractivity contribution >= 4 is 5.57 Å². The van der Waals surface area contributed by atoms with Crippen LogP contribution in [0.4, 0.5) is 0 Å². The van der Waals surface area contributed by atoms with E-state index in [-0.39, 0.29) is 0 Å². The van der Waals surface area contributed by atoms with Crippen molar-refractivity contribution in [2.45, 2.75) is 78.1 Å². The summed E-state index contributed by atoms with van der Waals surface area (Å²) in [5.74, 6) is 1.16. The van der Waals surface area contributed by atoms with Crippen LogP contribution < -0.4 is 5.32 Å². The van der Waals surface area contributed by atoms with E-state index in [4.69, 9.17) is 0 Å². The predicted octanol–water partition coefficient (Wildman–Crippen LogP) is 7.36. The van der Waals surface area contributed by atoms with Gasteiger partial charge in [0.05, 0.1) is 0 Å². The molecular weight excluding hydrogens is 314 g/mol. The van der Waals surface area contributed by atoms with Gasteiger partial charge in [-0.1, -0.05) is 71.5 Å². The van der Waals surface area contributed by atoms with Gasteiger partial charge in [0.25, 0.3) is 0 Å². The summed E-state index contributed by atoms with van der Waals surface area (Å²) in [5.41, 5.74) is 7.75. The minimum absolute atomic E-state index is 0.463. The number of hydrogen-bond acceptors (Lipinski definition) is 1. The maximum absolute atomic E-state index is 4.44. The molecule has 1 unspecified atom stereocenters. The van der Waals surface area contributed by atoms with Crippen molar-refractivity contribution in [3.63, 3.8) is 0 Å². The lowest BCUT2D eigenvalue weighted by Crippen LogP contribution is -2.24. The molecule has 1 heteroatoms. The van der Waals surface area contributed by atoms with Crippen LogP contribution in [0.2, 0.25) is 0 Å². The van der Waals surface area contributed by atoms with E-state index in [9.17, 15) is 0 Å². The number of benzene rings is 1. The summed E-state index contributed by atoms with van der Waals surface area (Å²) in [6.45, 7) is 19.5. The Kier molecular flexibility index (Phi) is 7.75. The minimum atomic E-state index is 0.463. The molecular formula is C25H37N. The van der Waals surface area contributed by atoms with Gasteiger partial charge in [0, 0.05) is 17.3 Å². The van der Waals surface area contributed by atoms with Crippen LogP contribution in [0.1, 0.15) is 88.3 Å². The fourth-order valence-electron chi connectivity index (χ4n) is 4.23. The molecule has 1 aromatic carbocycles. The lowest BCUT2D eigenvalue weighted by Gasteiger charge is -2.28. The van der Waals surface area contributed by atoms with Crippen molar-refractivity contribution in [1.29, 1.82) is 0 Å². The Labute approximate surface area is 161 Å². The van der Waals surface area contributed by atoms with Crippen LogP contribution in [0.3, 0.4) is 0 Å². The molecule has 2 rings (SSSR count). The number of piperidine rings is 1. The molecule has 0 spiro atoms. The number of nitrogens with one attached hydrogen (secondary N) is 1. The number of hydrogen-bond donors (Lipinski definition) is 1. The molecule has 1 aliphatic heterocycles. The zero-order chi connectivity index (χ0) is 19.1. The predicted molar refractivity (Wildman–Crippen MR) is 116 cm³/mol. The van der Waals surface area contributed by atoms with Crippen LogP contribution in [0.5, 0.6) is 0 Å². The Morgan fingerprint density at radius 1 is 1.15 bits per heavy atom. The maximum Gasteiger partial charge on any atom is 0.0110 e. The lowest BCUT2D eigenvalue weighted by atomic mass is 9.83. The van der Waals surface area contributed by atoms with E-state index in [1.54, 1.807) is 0 Å². The van der Waals surface area contributed by atoms with E-state index in [1.807, 2.05) is 0 Å². The molecule has 1 nitrogen and oxygen atoms in total. The first-order valence-electron chi connectivity index (χ1n) is 10.4. The summed E-state index contributed by atoms with van der Waals surface area (Å²) < 4.78 is 0. The van der Waals surface area contributed by atoms with Crippen molar-refractivity contribution in [2.24, 2.45) is 5.92 Å². The monoisotopic (exact) mass is 351 g/mol. The summed E-state index contributed by atoms with van der Waals surface area (Å²) in [6.07, 6.45) is 9.28. The van der Waals surface area contributed by atoms with E-state index in [1.165, 1.54) is 47.9 Å². The van der Waals surface area contributed by atoms with E-state index in [2.05, 4.69) is 64.0 Å². The van der Waals surface area contributed by atoms with E-state index < -0.39 is 0 Å². The molecule has 1 aliphatic rings. The van der Waals surface area contributed by atoms with E-state index >= 15 is 0 Å². The molecule has 1 aromatic rings. The number of rotatable bonds is 9. The second-order valence-electron chi connectivity index (χ2n) is 7.84. The van der Waals surface area contributed by atoms with Crippen LogP contribution in [-0.2, 0) is 6.42 Å². The molecule has 26 heavy (non-hydrogen) atoms. The third-order valence-corrected chi connectivity index (χ3v) is 5.75. The molecule has 1 fully saturated rings. The summed E-state index contributed by atoms with van der Waals surface area (Å²) in [7, 11) is 0. The molecule has 1 saturated heterocycles. The van der Waals surface area contributed by atoms with Gasteiger partial charge < -0.3 is 5.32 Å². The van der Waals surface area contributed by atoms with Gasteiger partial charge in [0.1, 0.15) is 0 Å². The highest BCUT2D eigenvalue weighted by Crippen LogP contribution is 2.35. The SMILES string of the molecule is C=C1CCC(CC(=C)c2ccc(C(CCC)CCC)cc2CC)C(=C)N1. The van der Waals surface area contributed by atoms with Gasteiger partial charge in [0.15, 0.2) is 0 Å². The number of aryl methyl sites for hydroxylation is 1. The van der Waals surface area contributed by atoms with Crippen molar-refractivity contribution in [2.75, 3.05) is 0 Å². The first-order chi connectivity index (χ1) is 12.5. The van der Waals surface area contributed by atoms with Crippen molar-refractivity contribution < 1.29 is 0 Å². The normalized spacial score (nSPS) is 17.5. The third-order valence-electron chi connectivity index (χ3n) is 5.75. The molecule has 142 valence electrons. The minimum Gasteiger partial charge on any atom is -0.363 e. The molecule has 0 saturated carbocycles. The van der Waals surface area contributed by atoms with Crippen LogP contribution in [0, 0.1) is 5.92 Å². The van der Waals surface area contributed by atoms with E-state index in [0.717, 1.165) is 37.1 Å². The zero-order valence-electron chi connectivity index (χ0n) is 17.2. The summed E-state index contributed by atoms with van der Waals surface area (Å²) in [6, 6.07) is 7.13. The topological polar surface area (TPSA) is 12.0 Å². The smallest absolute Gasteiger partial charge is 0.0110 e. The third kappa shape index (κ3) is 5.13. The highest BCUT2D eigenvalue weighted by atomic mass is 14.9. The largest absolute Gasteiger partial charge is 0.363 e. The van der Waals surface area contributed by atoms with Crippen molar-refractivity contribution in [3.8, 4) is 0 Å². The lowest BCUT2D eigenvalue weighted by molar-refractivity contribution is 0.496.